The quantitative estimate of drug-likeness (QED) is 0.121. The highest BCUT2D eigenvalue weighted by Gasteiger charge is 2.46. The number of esters is 2. The minimum Gasteiger partial charge on any atom is -0.504 e. The molecule has 1 aliphatic heterocycles. The van der Waals surface area contributed by atoms with Crippen molar-refractivity contribution in [3.05, 3.63) is 42.2 Å². The fourth-order valence-electron chi connectivity index (χ4n) is 4.63. The van der Waals surface area contributed by atoms with Crippen molar-refractivity contribution in [1.82, 2.24) is 0 Å². The van der Waals surface area contributed by atoms with Gasteiger partial charge in [0.25, 0.3) is 0 Å². The van der Waals surface area contributed by atoms with E-state index in [1.807, 2.05) is 0 Å². The van der Waals surface area contributed by atoms with E-state index in [0.717, 1.165) is 18.4 Å². The van der Waals surface area contributed by atoms with Crippen LogP contribution in [0.5, 0.6) is 17.2 Å². The average molecular weight is 541 g/mol. The number of ether oxygens (including phenoxy) is 4. The van der Waals surface area contributed by atoms with Gasteiger partial charge in [-0.3, -0.25) is 0 Å². The summed E-state index contributed by atoms with van der Waals surface area (Å²) in [4.78, 5) is 24.8. The lowest BCUT2D eigenvalue weighted by molar-refractivity contribution is -0.241. The number of aliphatic hydroxyl groups is 4. The van der Waals surface area contributed by atoms with Crippen LogP contribution in [0.2, 0.25) is 0 Å². The molecule has 0 radical (unpaired) electrons. The molecule has 13 nitrogen and oxygen atoms in total. The van der Waals surface area contributed by atoms with Gasteiger partial charge in [-0.25, -0.2) is 9.59 Å². The van der Waals surface area contributed by atoms with Crippen LogP contribution >= 0.6 is 0 Å². The highest BCUT2D eigenvalue weighted by atomic mass is 16.7. The molecule has 1 saturated carbocycles. The molecule has 0 aromatic heterocycles. The van der Waals surface area contributed by atoms with Gasteiger partial charge < -0.3 is 54.7 Å². The number of methoxy groups -OCH3 is 1. The van der Waals surface area contributed by atoms with E-state index < -0.39 is 84.3 Å². The summed E-state index contributed by atoms with van der Waals surface area (Å²) in [6.07, 6.45) is -3.87. The van der Waals surface area contributed by atoms with Gasteiger partial charge in [0, 0.05) is 24.4 Å². The van der Waals surface area contributed by atoms with Gasteiger partial charge >= 0.3 is 11.9 Å². The zero-order valence-corrected chi connectivity index (χ0v) is 20.5. The van der Waals surface area contributed by atoms with Crippen LogP contribution < -0.4 is 0 Å². The van der Waals surface area contributed by atoms with E-state index in [-0.39, 0.29) is 30.6 Å². The Kier molecular flexibility index (Phi) is 9.57. The molecule has 0 bridgehead atoms. The number of carbonyl (C=O) groups is 2. The first-order valence-corrected chi connectivity index (χ1v) is 11.8. The molecule has 4 unspecified atom stereocenters. The molecule has 13 heteroatoms. The Bertz CT molecular complexity index is 1030. The minimum atomic E-state index is -1.56. The third-order valence-corrected chi connectivity index (χ3v) is 6.81. The van der Waals surface area contributed by atoms with Crippen LogP contribution in [-0.4, -0.2) is 98.7 Å². The third-order valence-electron chi connectivity index (χ3n) is 6.81. The predicted octanol–water partition coefficient (Wildman–Crippen LogP) is -0.338. The Balaban J connectivity index is 1.75. The van der Waals surface area contributed by atoms with E-state index in [9.17, 15) is 45.3 Å². The van der Waals surface area contributed by atoms with Gasteiger partial charge in [0.05, 0.1) is 43.3 Å². The first-order chi connectivity index (χ1) is 18.0. The molecule has 3 rings (SSSR count). The van der Waals surface area contributed by atoms with E-state index in [0.29, 0.717) is 0 Å². The van der Waals surface area contributed by atoms with Crippen molar-refractivity contribution in [3.63, 3.8) is 0 Å². The highest BCUT2D eigenvalue weighted by Crippen LogP contribution is 2.38. The Morgan fingerprint density at radius 2 is 1.74 bits per heavy atom. The third kappa shape index (κ3) is 6.03. The number of carbonyl (C=O) groups excluding carboxylic acids is 2. The molecule has 1 heterocycles. The van der Waals surface area contributed by atoms with Crippen molar-refractivity contribution in [2.45, 2.75) is 43.5 Å². The Labute approximate surface area is 217 Å². The van der Waals surface area contributed by atoms with Crippen molar-refractivity contribution < 1.29 is 64.3 Å². The molecule has 7 N–H and O–H groups in total. The van der Waals surface area contributed by atoms with Gasteiger partial charge in [0.2, 0.25) is 6.29 Å². The number of hydrogen-bond acceptors (Lipinski definition) is 13. The number of aromatic hydroxyl groups is 3. The van der Waals surface area contributed by atoms with Crippen molar-refractivity contribution >= 4 is 11.9 Å². The van der Waals surface area contributed by atoms with E-state index in [4.69, 9.17) is 18.9 Å². The summed E-state index contributed by atoms with van der Waals surface area (Å²) in [6, 6.07) is 1.84. The molecule has 1 aliphatic carbocycles. The molecule has 210 valence electrons. The molecule has 8 atom stereocenters. The standard InChI is InChI=1S/C25H32O13/c1-3-13-14(4-5-36-23(33)11-6-16(27)20(30)17(28)7-11)15(24(34)35-2)10-37-25(13)38-18-8-12(9-26)19(29)22(32)21(18)31/h3,6-7,10,12-14,18-19,21-22,25-32H,1,4-5,8-9H2,2H3/t12-,13?,14?,18?,19-,21+,22+,25?/m0/s1. The zero-order valence-electron chi connectivity index (χ0n) is 20.5. The largest absolute Gasteiger partial charge is 0.504 e. The van der Waals surface area contributed by atoms with Crippen LogP contribution in [0.25, 0.3) is 0 Å². The van der Waals surface area contributed by atoms with Gasteiger partial charge in [-0.05, 0) is 25.0 Å². The molecule has 0 saturated heterocycles. The fourth-order valence-corrected chi connectivity index (χ4v) is 4.63. The van der Waals surface area contributed by atoms with Crippen LogP contribution in [-0.2, 0) is 23.7 Å². The van der Waals surface area contributed by atoms with Crippen LogP contribution in [0.3, 0.4) is 0 Å². The van der Waals surface area contributed by atoms with Crippen molar-refractivity contribution in [2.75, 3.05) is 20.3 Å². The number of phenolic OH excluding ortho intramolecular Hbond substituents is 3. The molecule has 38 heavy (non-hydrogen) atoms. The molecular formula is C25H32O13. The molecule has 1 aromatic rings. The lowest BCUT2D eigenvalue weighted by atomic mass is 9.80. The Morgan fingerprint density at radius 1 is 1.08 bits per heavy atom. The summed E-state index contributed by atoms with van der Waals surface area (Å²) in [5.74, 6) is -6.01. The van der Waals surface area contributed by atoms with Crippen LogP contribution in [0, 0.1) is 17.8 Å². The molecule has 0 amide bonds. The maximum Gasteiger partial charge on any atom is 0.338 e. The van der Waals surface area contributed by atoms with E-state index in [1.165, 1.54) is 13.2 Å². The summed E-state index contributed by atoms with van der Waals surface area (Å²) in [7, 11) is 1.18. The first-order valence-electron chi connectivity index (χ1n) is 11.8. The predicted molar refractivity (Wildman–Crippen MR) is 127 cm³/mol. The summed E-state index contributed by atoms with van der Waals surface area (Å²) in [5, 5.41) is 68.8. The summed E-state index contributed by atoms with van der Waals surface area (Å²) < 4.78 is 21.6. The second-order valence-electron chi connectivity index (χ2n) is 9.10. The number of rotatable bonds is 9. The minimum absolute atomic E-state index is 0.0157. The van der Waals surface area contributed by atoms with Crippen LogP contribution in [0.15, 0.2) is 36.6 Å². The van der Waals surface area contributed by atoms with Gasteiger partial charge in [-0.2, -0.15) is 0 Å². The van der Waals surface area contributed by atoms with Gasteiger partial charge in [0.15, 0.2) is 17.2 Å². The first kappa shape index (κ1) is 29.2. The van der Waals surface area contributed by atoms with E-state index in [1.54, 1.807) is 0 Å². The Morgan fingerprint density at radius 3 is 2.32 bits per heavy atom. The van der Waals surface area contributed by atoms with E-state index in [2.05, 4.69) is 6.58 Å². The second kappa shape index (κ2) is 12.5. The molecule has 1 fully saturated rings. The van der Waals surface area contributed by atoms with E-state index >= 15 is 0 Å². The maximum atomic E-state index is 12.4. The van der Waals surface area contributed by atoms with Gasteiger partial charge in [0.1, 0.15) is 12.2 Å². The zero-order chi connectivity index (χ0) is 28.1. The molecule has 2 aliphatic rings. The monoisotopic (exact) mass is 540 g/mol. The normalized spacial score (nSPS) is 31.0. The van der Waals surface area contributed by atoms with Gasteiger partial charge in [-0.1, -0.05) is 6.08 Å². The maximum absolute atomic E-state index is 12.4. The number of aliphatic hydroxyl groups excluding tert-OH is 4. The molecular weight excluding hydrogens is 508 g/mol. The van der Waals surface area contributed by atoms with Crippen LogP contribution in [0.1, 0.15) is 23.2 Å². The molecule has 0 spiro atoms. The summed E-state index contributed by atoms with van der Waals surface area (Å²) >= 11 is 0. The summed E-state index contributed by atoms with van der Waals surface area (Å²) in [5.41, 5.74) is -0.124. The number of benzene rings is 1. The lowest BCUT2D eigenvalue weighted by Gasteiger charge is -2.43. The molecule has 1 aromatic carbocycles. The fraction of sp³-hybridized carbons (Fsp3) is 0.520. The summed E-state index contributed by atoms with van der Waals surface area (Å²) in [6.45, 7) is 3.09. The van der Waals surface area contributed by atoms with Crippen LogP contribution in [0.4, 0.5) is 0 Å². The topological polar surface area (TPSA) is 213 Å². The lowest BCUT2D eigenvalue weighted by Crippen LogP contribution is -2.56. The van der Waals surface area contributed by atoms with Crippen molar-refractivity contribution in [1.29, 1.82) is 0 Å². The smallest absolute Gasteiger partial charge is 0.338 e. The number of phenols is 3. The van der Waals surface area contributed by atoms with Crippen molar-refractivity contribution in [2.24, 2.45) is 17.8 Å². The average Bonchev–Trinajstić information content (AvgIpc) is 2.91. The second-order valence-corrected chi connectivity index (χ2v) is 9.10. The van der Waals surface area contributed by atoms with Crippen molar-refractivity contribution in [3.8, 4) is 17.2 Å². The van der Waals surface area contributed by atoms with Gasteiger partial charge in [-0.15, -0.1) is 6.58 Å². The Hall–Kier alpha value is -3.36. The number of hydrogen-bond donors (Lipinski definition) is 7. The highest BCUT2D eigenvalue weighted by molar-refractivity contribution is 5.91. The SMILES string of the molecule is C=CC1C(OC2C[C@@H](CO)[C@H](O)[C@@H](O)[C@@H]2O)OC=C(C(=O)OC)C1CCOC(=O)c1cc(O)c(O)c(O)c1.